The fraction of sp³-hybridized carbons (Fsp3) is 0.400. The molecule has 6 heteroatoms. The number of para-hydroxylation sites is 2. The van der Waals surface area contributed by atoms with Gasteiger partial charge in [-0.25, -0.2) is 0 Å². The number of aromatic hydroxyl groups is 1. The third kappa shape index (κ3) is 5.01. The second-order valence-electron chi connectivity index (χ2n) is 9.89. The van der Waals surface area contributed by atoms with Crippen molar-refractivity contribution in [2.75, 3.05) is 11.5 Å². The van der Waals surface area contributed by atoms with Gasteiger partial charge in [0.15, 0.2) is 0 Å². The van der Waals surface area contributed by atoms with Crippen LogP contribution in [0, 0.1) is 17.8 Å². The first-order chi connectivity index (χ1) is 17.4. The van der Waals surface area contributed by atoms with Crippen LogP contribution in [0.25, 0.3) is 6.08 Å². The Hall–Kier alpha value is -3.22. The molecule has 2 aromatic carbocycles. The summed E-state index contributed by atoms with van der Waals surface area (Å²) in [6, 6.07) is 16.0. The van der Waals surface area contributed by atoms with Crippen molar-refractivity contribution in [3.8, 4) is 5.75 Å². The second-order valence-corrected chi connectivity index (χ2v) is 9.89. The molecule has 190 valence electrons. The second kappa shape index (κ2) is 11.2. The van der Waals surface area contributed by atoms with Crippen molar-refractivity contribution < 1.29 is 24.9 Å². The molecular formula is C30H35NO5. The van der Waals surface area contributed by atoms with E-state index in [-0.39, 0.29) is 24.2 Å². The number of aliphatic hydroxyl groups is 2. The molecule has 1 saturated heterocycles. The number of phenols is 1. The van der Waals surface area contributed by atoms with E-state index in [2.05, 4.69) is 0 Å². The normalized spacial score (nSPS) is 23.3. The third-order valence-corrected chi connectivity index (χ3v) is 7.46. The summed E-state index contributed by atoms with van der Waals surface area (Å²) in [4.78, 5) is 28.1. The average molecular weight is 490 g/mol. The Morgan fingerprint density at radius 3 is 2.44 bits per heavy atom. The first-order valence-corrected chi connectivity index (χ1v) is 12.8. The number of benzene rings is 2. The van der Waals surface area contributed by atoms with Gasteiger partial charge in [-0.2, -0.15) is 0 Å². The fourth-order valence-corrected chi connectivity index (χ4v) is 5.80. The standard InChI is InChI=1S/C30H35NO5/c1-3-9-21-17-23-28(30(36)31(29(23)35)22-11-5-4-6-12-22)24(18-32)27(21)26(34)15-14-19(2)16-20-10-7-8-13-25(20)33/h4-8,10-13,16,23-24,26,28,32-34H,3,9,14-15,17-18H2,1-2H3/b19-16+/t23-,24+,26-,28-/m1/s1. The Bertz CT molecular complexity index is 1170. The lowest BCUT2D eigenvalue weighted by molar-refractivity contribution is -0.123. The predicted molar refractivity (Wildman–Crippen MR) is 140 cm³/mol. The smallest absolute Gasteiger partial charge is 0.238 e. The molecule has 0 spiro atoms. The molecule has 0 unspecified atom stereocenters. The highest BCUT2D eigenvalue weighted by atomic mass is 16.3. The lowest BCUT2D eigenvalue weighted by Crippen LogP contribution is -2.39. The van der Waals surface area contributed by atoms with E-state index >= 15 is 0 Å². The largest absolute Gasteiger partial charge is 0.507 e. The highest BCUT2D eigenvalue weighted by Crippen LogP contribution is 2.48. The Labute approximate surface area is 212 Å². The highest BCUT2D eigenvalue weighted by molar-refractivity contribution is 6.22. The summed E-state index contributed by atoms with van der Waals surface area (Å²) in [5.74, 6) is -2.10. The van der Waals surface area contributed by atoms with Gasteiger partial charge >= 0.3 is 0 Å². The molecule has 6 nitrogen and oxygen atoms in total. The summed E-state index contributed by atoms with van der Waals surface area (Å²) in [7, 11) is 0. The van der Waals surface area contributed by atoms with E-state index in [1.165, 1.54) is 4.90 Å². The fourth-order valence-electron chi connectivity index (χ4n) is 5.80. The van der Waals surface area contributed by atoms with Gasteiger partial charge in [-0.1, -0.05) is 67.0 Å². The SMILES string of the molecule is CCCC1=C([C@H](O)CC/C(C)=C/c2ccccc2O)[C@H](CO)[C@@H]2C(=O)N(c3ccccc3)C(=O)[C@@H]2C1. The van der Waals surface area contributed by atoms with Gasteiger partial charge in [-0.05, 0) is 56.4 Å². The van der Waals surface area contributed by atoms with Gasteiger partial charge in [0.1, 0.15) is 5.75 Å². The summed E-state index contributed by atoms with van der Waals surface area (Å²) in [6.07, 6.45) is 4.09. The number of carbonyl (C=O) groups excluding carboxylic acids is 2. The Morgan fingerprint density at radius 2 is 1.78 bits per heavy atom. The van der Waals surface area contributed by atoms with Gasteiger partial charge in [0, 0.05) is 11.5 Å². The first kappa shape index (κ1) is 25.9. The minimum absolute atomic E-state index is 0.205. The van der Waals surface area contributed by atoms with Crippen molar-refractivity contribution in [3.05, 3.63) is 76.9 Å². The van der Waals surface area contributed by atoms with Crippen LogP contribution in [0.3, 0.4) is 0 Å². The van der Waals surface area contributed by atoms with Crippen LogP contribution >= 0.6 is 0 Å². The summed E-state index contributed by atoms with van der Waals surface area (Å²) in [5.41, 5.74) is 3.99. The summed E-state index contributed by atoms with van der Waals surface area (Å²) in [6.45, 7) is 3.71. The first-order valence-electron chi connectivity index (χ1n) is 12.8. The Balaban J connectivity index is 1.59. The molecule has 2 amide bonds. The predicted octanol–water partition coefficient (Wildman–Crippen LogP) is 4.85. The minimum atomic E-state index is -0.828. The number of rotatable bonds is 9. The van der Waals surface area contributed by atoms with Gasteiger partial charge in [0.2, 0.25) is 11.8 Å². The van der Waals surface area contributed by atoms with Gasteiger partial charge in [0.25, 0.3) is 0 Å². The van der Waals surface area contributed by atoms with Crippen molar-refractivity contribution in [3.63, 3.8) is 0 Å². The van der Waals surface area contributed by atoms with Crippen LogP contribution in [0.5, 0.6) is 5.75 Å². The van der Waals surface area contributed by atoms with Crippen LogP contribution in [0.2, 0.25) is 0 Å². The molecule has 1 aliphatic carbocycles. The zero-order valence-corrected chi connectivity index (χ0v) is 20.9. The van der Waals surface area contributed by atoms with Crippen molar-refractivity contribution in [1.82, 2.24) is 0 Å². The number of anilines is 1. The molecule has 3 N–H and O–H groups in total. The molecule has 4 atom stereocenters. The molecule has 0 saturated carbocycles. The number of fused-ring (bicyclic) bond motifs is 1. The topological polar surface area (TPSA) is 98.1 Å². The molecule has 36 heavy (non-hydrogen) atoms. The lowest BCUT2D eigenvalue weighted by atomic mass is 9.67. The molecule has 4 rings (SSSR count). The molecule has 0 bridgehead atoms. The molecular weight excluding hydrogens is 454 g/mol. The zero-order chi connectivity index (χ0) is 25.8. The minimum Gasteiger partial charge on any atom is -0.507 e. The molecule has 0 aromatic heterocycles. The van der Waals surface area contributed by atoms with Crippen LogP contribution in [0.1, 0.15) is 51.5 Å². The third-order valence-electron chi connectivity index (χ3n) is 7.46. The highest BCUT2D eigenvalue weighted by Gasteiger charge is 2.55. The van der Waals surface area contributed by atoms with Crippen LogP contribution in [0.4, 0.5) is 5.69 Å². The van der Waals surface area contributed by atoms with Gasteiger partial charge in [-0.15, -0.1) is 0 Å². The molecule has 0 radical (unpaired) electrons. The number of carbonyl (C=O) groups is 2. The number of phenolic OH excluding ortho intramolecular Hbond substituents is 1. The van der Waals surface area contributed by atoms with E-state index in [0.717, 1.165) is 28.7 Å². The number of nitrogens with zero attached hydrogens (tertiary/aromatic N) is 1. The van der Waals surface area contributed by atoms with Crippen molar-refractivity contribution in [2.45, 2.75) is 52.1 Å². The molecule has 1 fully saturated rings. The number of hydrogen-bond acceptors (Lipinski definition) is 5. The molecule has 2 aromatic rings. The number of aliphatic hydroxyl groups excluding tert-OH is 2. The zero-order valence-electron chi connectivity index (χ0n) is 20.9. The quantitative estimate of drug-likeness (QED) is 0.346. The van der Waals surface area contributed by atoms with Gasteiger partial charge in [-0.3, -0.25) is 14.5 Å². The average Bonchev–Trinajstić information content (AvgIpc) is 3.13. The van der Waals surface area contributed by atoms with E-state index in [1.807, 2.05) is 38.1 Å². The maximum atomic E-state index is 13.5. The molecule has 2 aliphatic rings. The molecule has 1 aliphatic heterocycles. The lowest BCUT2D eigenvalue weighted by Gasteiger charge is -2.36. The summed E-state index contributed by atoms with van der Waals surface area (Å²) in [5, 5.41) is 31.8. The molecule has 1 heterocycles. The monoisotopic (exact) mass is 489 g/mol. The van der Waals surface area contributed by atoms with Crippen LogP contribution in [0.15, 0.2) is 71.3 Å². The van der Waals surface area contributed by atoms with Crippen LogP contribution in [-0.2, 0) is 9.59 Å². The van der Waals surface area contributed by atoms with Crippen LogP contribution in [-0.4, -0.2) is 39.8 Å². The summed E-state index contributed by atoms with van der Waals surface area (Å²) >= 11 is 0. The van der Waals surface area contributed by atoms with Crippen molar-refractivity contribution in [2.24, 2.45) is 17.8 Å². The van der Waals surface area contributed by atoms with E-state index in [0.29, 0.717) is 31.4 Å². The number of allylic oxidation sites excluding steroid dienone is 2. The van der Waals surface area contributed by atoms with Crippen molar-refractivity contribution >= 4 is 23.6 Å². The van der Waals surface area contributed by atoms with E-state index < -0.39 is 23.9 Å². The maximum Gasteiger partial charge on any atom is 0.238 e. The summed E-state index contributed by atoms with van der Waals surface area (Å²) < 4.78 is 0. The number of hydrogen-bond donors (Lipinski definition) is 3. The Morgan fingerprint density at radius 1 is 1.08 bits per heavy atom. The maximum absolute atomic E-state index is 13.5. The van der Waals surface area contributed by atoms with E-state index in [1.54, 1.807) is 36.4 Å². The van der Waals surface area contributed by atoms with E-state index in [9.17, 15) is 24.9 Å². The van der Waals surface area contributed by atoms with Gasteiger partial charge < -0.3 is 15.3 Å². The Kier molecular flexibility index (Phi) is 8.07. The van der Waals surface area contributed by atoms with Gasteiger partial charge in [0.05, 0.1) is 30.2 Å². The number of amides is 2. The van der Waals surface area contributed by atoms with Crippen molar-refractivity contribution in [1.29, 1.82) is 0 Å². The number of imide groups is 1. The van der Waals surface area contributed by atoms with Crippen LogP contribution < -0.4 is 4.90 Å². The van der Waals surface area contributed by atoms with E-state index in [4.69, 9.17) is 0 Å².